The number of benzene rings is 2. The number of aromatic nitrogens is 3. The number of hydrogen-bond donors (Lipinski definition) is 0. The molecule has 0 spiro atoms. The van der Waals surface area contributed by atoms with Crippen LogP contribution in [0.1, 0.15) is 11.1 Å². The Morgan fingerprint density at radius 1 is 1.08 bits per heavy atom. The molecule has 2 aromatic carbocycles. The first-order valence-electron chi connectivity index (χ1n) is 7.90. The Hall–Kier alpha value is -3.27. The number of fused-ring (bicyclic) bond motifs is 3. The van der Waals surface area contributed by atoms with Crippen LogP contribution in [0.4, 0.5) is 13.2 Å². The highest BCUT2D eigenvalue weighted by atomic mass is 19.4. The molecule has 130 valence electrons. The first-order valence-corrected chi connectivity index (χ1v) is 7.90. The van der Waals surface area contributed by atoms with Gasteiger partial charge in [-0.15, -0.1) is 0 Å². The lowest BCUT2D eigenvalue weighted by Crippen LogP contribution is -2.05. The third-order valence-corrected chi connectivity index (χ3v) is 4.35. The average Bonchev–Trinajstić information content (AvgIpc) is 3.09. The van der Waals surface area contributed by atoms with Gasteiger partial charge in [0, 0.05) is 29.7 Å². The van der Waals surface area contributed by atoms with Gasteiger partial charge in [-0.05, 0) is 42.0 Å². The molecule has 0 aliphatic heterocycles. The number of aryl methyl sites for hydroxylation is 1. The van der Waals surface area contributed by atoms with Crippen molar-refractivity contribution in [2.75, 3.05) is 0 Å². The number of hydrogen-bond acceptors (Lipinski definition) is 2. The van der Waals surface area contributed by atoms with Crippen LogP contribution in [-0.4, -0.2) is 14.3 Å². The number of halogens is 3. The van der Waals surface area contributed by atoms with Crippen LogP contribution in [-0.2, 0) is 19.6 Å². The second-order valence-corrected chi connectivity index (χ2v) is 6.11. The minimum absolute atomic E-state index is 0.295. The van der Waals surface area contributed by atoms with Gasteiger partial charge in [0.25, 0.3) is 0 Å². The zero-order valence-electron chi connectivity index (χ0n) is 13.7. The summed E-state index contributed by atoms with van der Waals surface area (Å²) in [6.07, 6.45) is -2.21. The van der Waals surface area contributed by atoms with E-state index in [-0.39, 0.29) is 0 Å². The molecule has 26 heavy (non-hydrogen) atoms. The Bertz CT molecular complexity index is 1160. The summed E-state index contributed by atoms with van der Waals surface area (Å²) in [7, 11) is 1.79. The monoisotopic (exact) mass is 354 g/mol. The van der Waals surface area contributed by atoms with Crippen LogP contribution in [0.3, 0.4) is 0 Å². The normalized spacial score (nSPS) is 12.0. The number of nitriles is 1. The van der Waals surface area contributed by atoms with E-state index in [4.69, 9.17) is 5.26 Å². The highest BCUT2D eigenvalue weighted by Crippen LogP contribution is 2.34. The highest BCUT2D eigenvalue weighted by Gasteiger charge is 2.30. The number of alkyl halides is 3. The largest absolute Gasteiger partial charge is 0.416 e. The van der Waals surface area contributed by atoms with Gasteiger partial charge in [0.15, 0.2) is 5.65 Å². The molecule has 0 saturated carbocycles. The molecule has 0 fully saturated rings. The van der Waals surface area contributed by atoms with Crippen molar-refractivity contribution in [3.63, 3.8) is 0 Å². The zero-order valence-corrected chi connectivity index (χ0v) is 13.7. The van der Waals surface area contributed by atoms with Crippen molar-refractivity contribution in [1.29, 1.82) is 5.26 Å². The number of nitrogens with zero attached hydrogens (tertiary/aromatic N) is 4. The fourth-order valence-electron chi connectivity index (χ4n) is 3.20. The summed E-state index contributed by atoms with van der Waals surface area (Å²) in [6.45, 7) is 0. The molecule has 4 nitrogen and oxygen atoms in total. The van der Waals surface area contributed by atoms with E-state index >= 15 is 0 Å². The van der Waals surface area contributed by atoms with Crippen LogP contribution in [0.2, 0.25) is 0 Å². The Labute approximate surface area is 146 Å². The molecule has 0 atom stereocenters. The summed E-state index contributed by atoms with van der Waals surface area (Å²) in [5.74, 6) is 0. The quantitative estimate of drug-likeness (QED) is 0.528. The van der Waals surface area contributed by atoms with Crippen molar-refractivity contribution in [3.8, 4) is 11.8 Å². The smallest absolute Gasteiger partial charge is 0.292 e. The lowest BCUT2D eigenvalue weighted by atomic mass is 10.1. The summed E-state index contributed by atoms with van der Waals surface area (Å²) in [5.41, 5.74) is 2.30. The minimum Gasteiger partial charge on any atom is -0.292 e. The third kappa shape index (κ3) is 2.51. The Kier molecular flexibility index (Phi) is 3.51. The second kappa shape index (κ2) is 5.63. The van der Waals surface area contributed by atoms with Crippen LogP contribution < -0.4 is 0 Å². The van der Waals surface area contributed by atoms with Gasteiger partial charge in [-0.3, -0.25) is 9.25 Å². The van der Waals surface area contributed by atoms with Gasteiger partial charge in [0.2, 0.25) is 0 Å². The summed E-state index contributed by atoms with van der Waals surface area (Å²) >= 11 is 0. The fraction of sp³-hybridized carbons (Fsp3) is 0.158. The van der Waals surface area contributed by atoms with Crippen molar-refractivity contribution in [1.82, 2.24) is 14.3 Å². The van der Waals surface area contributed by atoms with E-state index in [1.54, 1.807) is 11.7 Å². The maximum absolute atomic E-state index is 12.8. The van der Waals surface area contributed by atoms with Crippen LogP contribution >= 0.6 is 0 Å². The standard InChI is InChI=1S/C19H13F3N4/c1-25-11-16-15-10-12(8-9-23)2-7-17(15)26(18(16)24-25)14-5-3-13(4-6-14)19(20,21)22/h2-7,10-11H,8H2,1H3. The minimum atomic E-state index is -4.37. The van der Waals surface area contributed by atoms with Crippen LogP contribution in [0.15, 0.2) is 48.7 Å². The summed E-state index contributed by atoms with van der Waals surface area (Å²) in [6, 6.07) is 12.8. The first kappa shape index (κ1) is 16.2. The van der Waals surface area contributed by atoms with E-state index in [1.165, 1.54) is 12.1 Å². The SMILES string of the molecule is Cn1cc2c3cc(CC#N)ccc3n(-c3ccc(C(F)(F)F)cc3)c2n1. The molecule has 2 heterocycles. The van der Waals surface area contributed by atoms with Crippen molar-refractivity contribution in [2.24, 2.45) is 7.05 Å². The molecule has 0 aliphatic rings. The van der Waals surface area contributed by atoms with Gasteiger partial charge in [0.1, 0.15) is 0 Å². The van der Waals surface area contributed by atoms with Crippen LogP contribution in [0.25, 0.3) is 27.6 Å². The third-order valence-electron chi connectivity index (χ3n) is 4.35. The molecular formula is C19H13F3N4. The molecule has 7 heteroatoms. The maximum Gasteiger partial charge on any atom is 0.416 e. The average molecular weight is 354 g/mol. The lowest BCUT2D eigenvalue weighted by molar-refractivity contribution is -0.137. The second-order valence-electron chi connectivity index (χ2n) is 6.11. The Morgan fingerprint density at radius 3 is 2.46 bits per heavy atom. The molecule has 0 unspecified atom stereocenters. The maximum atomic E-state index is 12.8. The van der Waals surface area contributed by atoms with E-state index in [9.17, 15) is 13.2 Å². The highest BCUT2D eigenvalue weighted by molar-refractivity contribution is 6.08. The van der Waals surface area contributed by atoms with Crippen LogP contribution in [0.5, 0.6) is 0 Å². The van der Waals surface area contributed by atoms with E-state index < -0.39 is 11.7 Å². The van der Waals surface area contributed by atoms with Gasteiger partial charge in [-0.1, -0.05) is 6.07 Å². The summed E-state index contributed by atoms with van der Waals surface area (Å²) in [5, 5.41) is 15.2. The van der Waals surface area contributed by atoms with E-state index in [2.05, 4.69) is 11.2 Å². The number of rotatable bonds is 2. The van der Waals surface area contributed by atoms with Gasteiger partial charge >= 0.3 is 6.18 Å². The van der Waals surface area contributed by atoms with E-state index in [0.717, 1.165) is 34.0 Å². The summed E-state index contributed by atoms with van der Waals surface area (Å²) < 4.78 is 42.0. The van der Waals surface area contributed by atoms with E-state index in [0.29, 0.717) is 17.8 Å². The van der Waals surface area contributed by atoms with Crippen molar-refractivity contribution >= 4 is 21.9 Å². The lowest BCUT2D eigenvalue weighted by Gasteiger charge is -2.10. The molecule has 0 aliphatic carbocycles. The van der Waals surface area contributed by atoms with Crippen molar-refractivity contribution in [2.45, 2.75) is 12.6 Å². The molecule has 0 saturated heterocycles. The molecular weight excluding hydrogens is 341 g/mol. The zero-order chi connectivity index (χ0) is 18.5. The topological polar surface area (TPSA) is 46.5 Å². The van der Waals surface area contributed by atoms with Crippen molar-refractivity contribution < 1.29 is 13.2 Å². The fourth-order valence-corrected chi connectivity index (χ4v) is 3.20. The van der Waals surface area contributed by atoms with Crippen molar-refractivity contribution in [3.05, 3.63) is 59.8 Å². The molecule has 0 amide bonds. The summed E-state index contributed by atoms with van der Waals surface area (Å²) in [4.78, 5) is 0. The van der Waals surface area contributed by atoms with Gasteiger partial charge < -0.3 is 0 Å². The molecule has 4 rings (SSSR count). The Morgan fingerprint density at radius 2 is 1.81 bits per heavy atom. The Balaban J connectivity index is 1.97. The molecule has 4 aromatic rings. The van der Waals surface area contributed by atoms with Gasteiger partial charge in [-0.2, -0.15) is 23.5 Å². The predicted molar refractivity (Wildman–Crippen MR) is 91.9 cm³/mol. The molecule has 0 N–H and O–H groups in total. The molecule has 2 aromatic heterocycles. The van der Waals surface area contributed by atoms with E-state index in [1.807, 2.05) is 29.0 Å². The molecule has 0 bridgehead atoms. The first-order chi connectivity index (χ1) is 12.4. The predicted octanol–water partition coefficient (Wildman–Crippen LogP) is 4.60. The van der Waals surface area contributed by atoms with Gasteiger partial charge in [-0.25, -0.2) is 0 Å². The molecule has 0 radical (unpaired) electrons. The van der Waals surface area contributed by atoms with Crippen LogP contribution in [0, 0.1) is 11.3 Å². The van der Waals surface area contributed by atoms with Gasteiger partial charge in [0.05, 0.1) is 23.6 Å².